The van der Waals surface area contributed by atoms with Gasteiger partial charge in [0.1, 0.15) is 0 Å². The van der Waals surface area contributed by atoms with Crippen LogP contribution in [-0.4, -0.2) is 0 Å². The highest BCUT2D eigenvalue weighted by molar-refractivity contribution is 6.23. The van der Waals surface area contributed by atoms with Gasteiger partial charge in [-0.3, -0.25) is 0 Å². The Morgan fingerprint density at radius 3 is 1.30 bits per heavy atom. The zero-order valence-electron chi connectivity index (χ0n) is 36.6. The minimum Gasteiger partial charge on any atom is -0.0619 e. The molecule has 0 aromatic heterocycles. The Balaban J connectivity index is 0.986. The molecular formula is C67H40. The largest absolute Gasteiger partial charge is 0.0731 e. The van der Waals surface area contributed by atoms with E-state index in [1.807, 2.05) is 0 Å². The number of rotatable bonds is 3. The Morgan fingerprint density at radius 1 is 0.209 bits per heavy atom. The highest BCUT2D eigenvalue weighted by Gasteiger charge is 2.53. The minimum absolute atomic E-state index is 0.492. The lowest BCUT2D eigenvalue weighted by Gasteiger charge is -2.32. The van der Waals surface area contributed by atoms with Gasteiger partial charge in [-0.2, -0.15) is 0 Å². The second kappa shape index (κ2) is 13.7. The number of hydrogen-bond donors (Lipinski definition) is 0. The molecule has 13 aromatic rings. The third kappa shape index (κ3) is 4.97. The number of fused-ring (bicyclic) bond motifs is 19. The van der Waals surface area contributed by atoms with E-state index in [9.17, 15) is 0 Å². The molecule has 0 N–H and O–H groups in total. The maximum absolute atomic E-state index is 2.56. The molecule has 0 bridgehead atoms. The third-order valence-corrected chi connectivity index (χ3v) is 15.4. The molecule has 0 saturated carbocycles. The highest BCUT2D eigenvalue weighted by Crippen LogP contribution is 2.66. The van der Waals surface area contributed by atoms with Crippen LogP contribution in [0.25, 0.3) is 120 Å². The molecule has 0 unspecified atom stereocenters. The van der Waals surface area contributed by atoms with E-state index in [1.165, 1.54) is 143 Å². The Labute approximate surface area is 388 Å². The van der Waals surface area contributed by atoms with Crippen molar-refractivity contribution in [3.63, 3.8) is 0 Å². The van der Waals surface area contributed by atoms with Crippen LogP contribution in [0.4, 0.5) is 0 Å². The van der Waals surface area contributed by atoms with Crippen molar-refractivity contribution in [2.75, 3.05) is 0 Å². The molecule has 0 radical (unpaired) electrons. The van der Waals surface area contributed by atoms with E-state index in [2.05, 4.69) is 243 Å². The molecule has 0 heterocycles. The average Bonchev–Trinajstić information content (AvgIpc) is 3.86. The van der Waals surface area contributed by atoms with Crippen molar-refractivity contribution >= 4 is 64.6 Å². The van der Waals surface area contributed by atoms with E-state index in [4.69, 9.17) is 0 Å². The normalized spacial score (nSPS) is 13.2. The molecule has 0 saturated heterocycles. The molecule has 0 fully saturated rings. The predicted molar refractivity (Wildman–Crippen MR) is 284 cm³/mol. The molecule has 0 nitrogen and oxygen atoms in total. The van der Waals surface area contributed by atoms with E-state index in [-0.39, 0.29) is 0 Å². The third-order valence-electron chi connectivity index (χ3n) is 15.4. The van der Waals surface area contributed by atoms with E-state index in [0.29, 0.717) is 0 Å². The first-order chi connectivity index (χ1) is 33.2. The molecule has 2 aliphatic carbocycles. The molecular weight excluding hydrogens is 805 g/mol. The Hall–Kier alpha value is -8.58. The van der Waals surface area contributed by atoms with Crippen LogP contribution >= 0.6 is 0 Å². The van der Waals surface area contributed by atoms with Crippen molar-refractivity contribution in [3.05, 3.63) is 265 Å². The summed E-state index contributed by atoms with van der Waals surface area (Å²) in [5.41, 5.74) is 17.8. The van der Waals surface area contributed by atoms with Crippen molar-refractivity contribution in [1.82, 2.24) is 0 Å². The van der Waals surface area contributed by atoms with Crippen LogP contribution in [0, 0.1) is 0 Å². The van der Waals surface area contributed by atoms with Gasteiger partial charge in [0, 0.05) is 0 Å². The first kappa shape index (κ1) is 36.7. The van der Waals surface area contributed by atoms with Gasteiger partial charge >= 0.3 is 0 Å². The molecule has 15 rings (SSSR count). The maximum Gasteiger partial charge on any atom is 0.0731 e. The van der Waals surface area contributed by atoms with Crippen molar-refractivity contribution in [2.24, 2.45) is 0 Å². The summed E-state index contributed by atoms with van der Waals surface area (Å²) in [7, 11) is 0. The Morgan fingerprint density at radius 2 is 0.642 bits per heavy atom. The van der Waals surface area contributed by atoms with Crippen LogP contribution in [0.3, 0.4) is 0 Å². The van der Waals surface area contributed by atoms with Gasteiger partial charge < -0.3 is 0 Å². The van der Waals surface area contributed by atoms with Crippen LogP contribution in [0.15, 0.2) is 243 Å². The standard InChI is InChI=1S/C67H40/c1-2-17-42-36-44(33-32-41(42)16-1)43-18-15-19-46(37-43)63-54-25-6-8-27-56(54)64(57-28-9-7-26-55(57)63)47-35-34-45-39-59-62(40-48(45)38-47)67(60-30-13-11-22-51(60)52-23-12-14-31-61(52)67)66-58-29-10-4-21-50(58)49-20-3-5-24-53(49)65(59)66/h1-40H. The summed E-state index contributed by atoms with van der Waals surface area (Å²) in [6.07, 6.45) is 0. The molecule has 2 aliphatic rings. The fraction of sp³-hybridized carbons (Fsp3) is 0.0149. The maximum atomic E-state index is 2.56. The number of hydrogen-bond acceptors (Lipinski definition) is 0. The minimum atomic E-state index is -0.492. The van der Waals surface area contributed by atoms with Crippen LogP contribution in [0.1, 0.15) is 22.3 Å². The zero-order valence-corrected chi connectivity index (χ0v) is 36.6. The van der Waals surface area contributed by atoms with Gasteiger partial charge in [0.2, 0.25) is 0 Å². The van der Waals surface area contributed by atoms with Crippen LogP contribution in [-0.2, 0) is 5.41 Å². The van der Waals surface area contributed by atoms with Crippen LogP contribution < -0.4 is 0 Å². The van der Waals surface area contributed by atoms with Gasteiger partial charge in [0.05, 0.1) is 5.41 Å². The number of benzene rings is 13. The van der Waals surface area contributed by atoms with E-state index >= 15 is 0 Å². The predicted octanol–water partition coefficient (Wildman–Crippen LogP) is 18.0. The SMILES string of the molecule is c1cc(-c2ccc3ccccc3c2)cc(-c2c3ccccc3c(-c3ccc4cc5c(cc4c3)C3(c4ccccc4-c4ccccc43)c3c-5c4ccccc4c4ccccc34)c3ccccc23)c1. The monoisotopic (exact) mass is 844 g/mol. The quantitative estimate of drug-likeness (QED) is 0.123. The lowest BCUT2D eigenvalue weighted by Crippen LogP contribution is -2.26. The van der Waals surface area contributed by atoms with Crippen LogP contribution in [0.5, 0.6) is 0 Å². The molecule has 13 aromatic carbocycles. The zero-order chi connectivity index (χ0) is 43.8. The lowest BCUT2D eigenvalue weighted by molar-refractivity contribution is 0.803. The molecule has 67 heavy (non-hydrogen) atoms. The van der Waals surface area contributed by atoms with Gasteiger partial charge in [-0.1, -0.05) is 212 Å². The van der Waals surface area contributed by atoms with Crippen molar-refractivity contribution in [3.8, 4) is 55.6 Å². The summed E-state index contributed by atoms with van der Waals surface area (Å²) >= 11 is 0. The second-order valence-electron chi connectivity index (χ2n) is 18.6. The molecule has 0 amide bonds. The van der Waals surface area contributed by atoms with Gasteiger partial charge in [-0.05, 0) is 173 Å². The molecule has 1 spiro atoms. The van der Waals surface area contributed by atoms with Gasteiger partial charge in [0.25, 0.3) is 0 Å². The van der Waals surface area contributed by atoms with Crippen molar-refractivity contribution in [1.29, 1.82) is 0 Å². The summed E-state index contributed by atoms with van der Waals surface area (Å²) < 4.78 is 0. The smallest absolute Gasteiger partial charge is 0.0619 e. The fourth-order valence-corrected chi connectivity index (χ4v) is 12.7. The second-order valence-corrected chi connectivity index (χ2v) is 18.6. The summed E-state index contributed by atoms with van der Waals surface area (Å²) in [4.78, 5) is 0. The van der Waals surface area contributed by atoms with Gasteiger partial charge in [-0.25, -0.2) is 0 Å². The van der Waals surface area contributed by atoms with Gasteiger partial charge in [0.15, 0.2) is 0 Å². The van der Waals surface area contributed by atoms with Gasteiger partial charge in [-0.15, -0.1) is 0 Å². The summed E-state index contributed by atoms with van der Waals surface area (Å²) in [6, 6.07) is 91.5. The Kier molecular flexibility index (Phi) is 7.52. The van der Waals surface area contributed by atoms with Crippen LogP contribution in [0.2, 0.25) is 0 Å². The summed E-state index contributed by atoms with van der Waals surface area (Å²) in [5, 5.41) is 15.3. The molecule has 308 valence electrons. The fourth-order valence-electron chi connectivity index (χ4n) is 12.7. The van der Waals surface area contributed by atoms with E-state index < -0.39 is 5.41 Å². The molecule has 0 heteroatoms. The molecule has 0 atom stereocenters. The van der Waals surface area contributed by atoms with E-state index in [0.717, 1.165) is 0 Å². The average molecular weight is 845 g/mol. The topological polar surface area (TPSA) is 0 Å². The summed E-state index contributed by atoms with van der Waals surface area (Å²) in [6.45, 7) is 0. The first-order valence-electron chi connectivity index (χ1n) is 23.5. The van der Waals surface area contributed by atoms with E-state index in [1.54, 1.807) is 0 Å². The van der Waals surface area contributed by atoms with Crippen molar-refractivity contribution in [2.45, 2.75) is 5.41 Å². The van der Waals surface area contributed by atoms with Crippen molar-refractivity contribution < 1.29 is 0 Å². The Bertz CT molecular complexity index is 4180. The highest BCUT2D eigenvalue weighted by atomic mass is 14.5. The lowest BCUT2D eigenvalue weighted by atomic mass is 9.69. The summed E-state index contributed by atoms with van der Waals surface area (Å²) in [5.74, 6) is 0. The first-order valence-corrected chi connectivity index (χ1v) is 23.5. The molecule has 0 aliphatic heterocycles.